The van der Waals surface area contributed by atoms with Gasteiger partial charge in [-0.05, 0) is 31.4 Å². The molecule has 236 valence electrons. The number of carbonyl (C=O) groups excluding carboxylic acids is 3. The van der Waals surface area contributed by atoms with Crippen LogP contribution in [0.15, 0.2) is 60.7 Å². The second-order valence-electron chi connectivity index (χ2n) is 10.9. The van der Waals surface area contributed by atoms with Crippen LogP contribution in [-0.2, 0) is 25.7 Å². The standard InChI is InChI=1S/C31H38N6O4S.C2H6/c1-32-18-26(38)33-28(23-15-9-4-10-16-23)31(40)37-19-24(41-20-21-11-5-2-6-12-21)17-25(37)29(39)34-30-27(35-36-42-30)22-13-7-3-8-14-22;1-2/h2-3,5-8,11-14,23-25,28,32H,4,9-10,15-20H2,1H3,(H,33,38)(H,34,39);1-2H3/t24-,25?,28?;/m1./s1. The number of likely N-dealkylation sites (N-methyl/N-ethyl adjacent to an activating group) is 1. The molecule has 44 heavy (non-hydrogen) atoms. The number of nitrogens with zero attached hydrogens (tertiary/aromatic N) is 3. The van der Waals surface area contributed by atoms with Gasteiger partial charge in [0, 0.05) is 30.1 Å². The maximum Gasteiger partial charge on any atom is 0.247 e. The quantitative estimate of drug-likeness (QED) is 0.285. The SMILES string of the molecule is CC.CNCC(=O)NC(C(=O)N1C[C@H](OCc2ccccc2)CC1C(=O)Nc1snnc1-c1ccccc1)C1CCCCC1. The van der Waals surface area contributed by atoms with Gasteiger partial charge in [-0.2, -0.15) is 0 Å². The molecule has 5 rings (SSSR count). The fourth-order valence-electron chi connectivity index (χ4n) is 5.86. The van der Waals surface area contributed by atoms with Gasteiger partial charge in [0.1, 0.15) is 22.8 Å². The lowest BCUT2D eigenvalue weighted by molar-refractivity contribution is -0.142. The molecular weight excluding hydrogens is 576 g/mol. The molecule has 10 nitrogen and oxygen atoms in total. The Labute approximate surface area is 264 Å². The van der Waals surface area contributed by atoms with Crippen molar-refractivity contribution in [1.29, 1.82) is 0 Å². The van der Waals surface area contributed by atoms with E-state index in [-0.39, 0.29) is 42.8 Å². The fraction of sp³-hybridized carbons (Fsp3) is 0.485. The molecule has 2 aromatic carbocycles. The maximum absolute atomic E-state index is 14.2. The van der Waals surface area contributed by atoms with Gasteiger partial charge in [0.2, 0.25) is 17.7 Å². The molecule has 3 N–H and O–H groups in total. The number of likely N-dealkylation sites (tertiary alicyclic amines) is 1. The van der Waals surface area contributed by atoms with E-state index < -0.39 is 12.1 Å². The summed E-state index contributed by atoms with van der Waals surface area (Å²) in [7, 11) is 1.70. The Hall–Kier alpha value is -3.67. The number of benzene rings is 2. The van der Waals surface area contributed by atoms with E-state index in [9.17, 15) is 14.4 Å². The third-order valence-corrected chi connectivity index (χ3v) is 8.63. The Morgan fingerprint density at radius 2 is 1.68 bits per heavy atom. The van der Waals surface area contributed by atoms with E-state index in [1.54, 1.807) is 11.9 Å². The summed E-state index contributed by atoms with van der Waals surface area (Å²) >= 11 is 1.10. The molecule has 1 aromatic heterocycles. The number of aromatic nitrogens is 2. The van der Waals surface area contributed by atoms with Crippen molar-refractivity contribution in [2.45, 2.75) is 77.2 Å². The molecule has 2 unspecified atom stereocenters. The molecule has 3 amide bonds. The number of ether oxygens (including phenoxy) is 1. The van der Waals surface area contributed by atoms with E-state index in [1.807, 2.05) is 74.5 Å². The molecule has 0 radical (unpaired) electrons. The van der Waals surface area contributed by atoms with Gasteiger partial charge in [0.25, 0.3) is 0 Å². The molecule has 0 spiro atoms. The Morgan fingerprint density at radius 1 is 1.00 bits per heavy atom. The highest BCUT2D eigenvalue weighted by atomic mass is 32.1. The van der Waals surface area contributed by atoms with Crippen molar-refractivity contribution in [2.75, 3.05) is 25.5 Å². The van der Waals surface area contributed by atoms with Crippen LogP contribution in [-0.4, -0.2) is 70.5 Å². The Morgan fingerprint density at radius 3 is 2.36 bits per heavy atom. The van der Waals surface area contributed by atoms with Crippen molar-refractivity contribution < 1.29 is 19.1 Å². The van der Waals surface area contributed by atoms with Crippen molar-refractivity contribution in [3.05, 3.63) is 66.2 Å². The zero-order valence-corrected chi connectivity index (χ0v) is 26.6. The number of nitrogens with one attached hydrogen (secondary N) is 3. The minimum Gasteiger partial charge on any atom is -0.372 e. The summed E-state index contributed by atoms with van der Waals surface area (Å²) < 4.78 is 10.3. The van der Waals surface area contributed by atoms with Gasteiger partial charge < -0.3 is 25.6 Å². The minimum absolute atomic E-state index is 0.0235. The van der Waals surface area contributed by atoms with Crippen LogP contribution in [0.1, 0.15) is 57.9 Å². The molecule has 2 aliphatic rings. The van der Waals surface area contributed by atoms with Crippen LogP contribution < -0.4 is 16.0 Å². The number of hydrogen-bond acceptors (Lipinski definition) is 8. The lowest BCUT2D eigenvalue weighted by atomic mass is 9.83. The number of amides is 3. The van der Waals surface area contributed by atoms with Gasteiger partial charge in [-0.1, -0.05) is 98.3 Å². The van der Waals surface area contributed by atoms with Crippen molar-refractivity contribution in [1.82, 2.24) is 25.1 Å². The zero-order valence-electron chi connectivity index (χ0n) is 25.8. The maximum atomic E-state index is 14.2. The second-order valence-corrected chi connectivity index (χ2v) is 11.7. The van der Waals surface area contributed by atoms with E-state index in [4.69, 9.17) is 4.74 Å². The smallest absolute Gasteiger partial charge is 0.247 e. The summed E-state index contributed by atoms with van der Waals surface area (Å²) in [6.45, 7) is 4.76. The summed E-state index contributed by atoms with van der Waals surface area (Å²) in [5, 5.41) is 13.6. The number of anilines is 1. The largest absolute Gasteiger partial charge is 0.372 e. The Balaban J connectivity index is 0.00000216. The Bertz CT molecular complexity index is 1330. The summed E-state index contributed by atoms with van der Waals surface area (Å²) in [6, 6.07) is 17.9. The minimum atomic E-state index is -0.767. The van der Waals surface area contributed by atoms with Crippen LogP contribution in [0, 0.1) is 5.92 Å². The molecule has 2 heterocycles. The third kappa shape index (κ3) is 8.71. The molecule has 1 saturated heterocycles. The summed E-state index contributed by atoms with van der Waals surface area (Å²) in [6.07, 6.45) is 4.90. The molecule has 1 saturated carbocycles. The Kier molecular flexibility index (Phi) is 12.8. The molecular formula is C33H44N6O4S. The highest BCUT2D eigenvalue weighted by Crippen LogP contribution is 2.32. The fourth-order valence-corrected chi connectivity index (χ4v) is 6.46. The predicted molar refractivity (Wildman–Crippen MR) is 173 cm³/mol. The third-order valence-electron chi connectivity index (χ3n) is 7.99. The van der Waals surface area contributed by atoms with E-state index >= 15 is 0 Å². The first-order chi connectivity index (χ1) is 21.5. The van der Waals surface area contributed by atoms with Gasteiger partial charge in [0.15, 0.2) is 0 Å². The van der Waals surface area contributed by atoms with Gasteiger partial charge in [-0.15, -0.1) is 5.10 Å². The number of carbonyl (C=O) groups is 3. The van der Waals surface area contributed by atoms with Crippen molar-refractivity contribution in [3.63, 3.8) is 0 Å². The molecule has 3 atom stereocenters. The van der Waals surface area contributed by atoms with Gasteiger partial charge >= 0.3 is 0 Å². The van der Waals surface area contributed by atoms with E-state index in [0.29, 0.717) is 23.7 Å². The summed E-state index contributed by atoms with van der Waals surface area (Å²) in [5.74, 6) is -0.762. The molecule has 0 bridgehead atoms. The molecule has 1 aliphatic heterocycles. The van der Waals surface area contributed by atoms with Gasteiger partial charge in [0.05, 0.1) is 19.3 Å². The average molecular weight is 621 g/mol. The highest BCUT2D eigenvalue weighted by molar-refractivity contribution is 7.10. The van der Waals surface area contributed by atoms with Crippen LogP contribution in [0.25, 0.3) is 11.3 Å². The molecule has 2 fully saturated rings. The number of rotatable bonds is 11. The average Bonchev–Trinajstić information content (AvgIpc) is 3.72. The number of hydrogen-bond donors (Lipinski definition) is 3. The van der Waals surface area contributed by atoms with E-state index in [2.05, 4.69) is 25.5 Å². The van der Waals surface area contributed by atoms with Gasteiger partial charge in [-0.25, -0.2) is 0 Å². The van der Waals surface area contributed by atoms with Crippen LogP contribution in [0.5, 0.6) is 0 Å². The molecule has 1 aliphatic carbocycles. The first kappa shape index (κ1) is 33.2. The van der Waals surface area contributed by atoms with E-state index in [1.165, 1.54) is 0 Å². The first-order valence-corrected chi connectivity index (χ1v) is 16.4. The van der Waals surface area contributed by atoms with Crippen molar-refractivity contribution >= 4 is 34.3 Å². The monoisotopic (exact) mass is 620 g/mol. The van der Waals surface area contributed by atoms with Crippen LogP contribution >= 0.6 is 11.5 Å². The van der Waals surface area contributed by atoms with Crippen LogP contribution in [0.3, 0.4) is 0 Å². The molecule has 11 heteroatoms. The first-order valence-electron chi connectivity index (χ1n) is 15.6. The zero-order chi connectivity index (χ0) is 31.3. The lowest BCUT2D eigenvalue weighted by Crippen LogP contribution is -2.56. The molecule has 3 aromatic rings. The normalized spacial score (nSPS) is 19.0. The summed E-state index contributed by atoms with van der Waals surface area (Å²) in [5.41, 5.74) is 2.45. The topological polar surface area (TPSA) is 126 Å². The van der Waals surface area contributed by atoms with Gasteiger partial charge in [-0.3, -0.25) is 14.4 Å². The lowest BCUT2D eigenvalue weighted by Gasteiger charge is -2.34. The highest BCUT2D eigenvalue weighted by Gasteiger charge is 2.44. The van der Waals surface area contributed by atoms with Crippen molar-refractivity contribution in [2.24, 2.45) is 5.92 Å². The van der Waals surface area contributed by atoms with E-state index in [0.717, 1.165) is 54.8 Å². The summed E-state index contributed by atoms with van der Waals surface area (Å²) in [4.78, 5) is 42.4. The van der Waals surface area contributed by atoms with Crippen molar-refractivity contribution in [3.8, 4) is 11.3 Å². The van der Waals surface area contributed by atoms with Crippen LogP contribution in [0.4, 0.5) is 5.00 Å². The van der Waals surface area contributed by atoms with Crippen LogP contribution in [0.2, 0.25) is 0 Å². The predicted octanol–water partition coefficient (Wildman–Crippen LogP) is 4.64. The second kappa shape index (κ2) is 17.0.